The summed E-state index contributed by atoms with van der Waals surface area (Å²) < 4.78 is 0. The molecule has 1 nitrogen and oxygen atoms in total. The Morgan fingerprint density at radius 1 is 0.941 bits per heavy atom. The van der Waals surface area contributed by atoms with Crippen LogP contribution in [0.2, 0.25) is 0 Å². The van der Waals surface area contributed by atoms with Crippen LogP contribution in [0.15, 0.2) is 65.6 Å². The molecule has 2 rings (SSSR count). The molecule has 0 aliphatic carbocycles. The van der Waals surface area contributed by atoms with E-state index in [9.17, 15) is 4.79 Å². The van der Waals surface area contributed by atoms with Crippen LogP contribution in [0.4, 0.5) is 0 Å². The molecule has 0 radical (unpaired) electrons. The molecule has 0 heterocycles. The summed E-state index contributed by atoms with van der Waals surface area (Å²) >= 11 is 1.74. The van der Waals surface area contributed by atoms with E-state index in [-0.39, 0.29) is 5.25 Å². The fourth-order valence-electron chi connectivity index (χ4n) is 1.67. The van der Waals surface area contributed by atoms with Crippen LogP contribution in [0.5, 0.6) is 0 Å². The third-order valence-corrected chi connectivity index (χ3v) is 3.80. The molecule has 0 aliphatic heterocycles. The van der Waals surface area contributed by atoms with Crippen molar-refractivity contribution in [3.63, 3.8) is 0 Å². The highest BCUT2D eigenvalue weighted by atomic mass is 32.2. The summed E-state index contributed by atoms with van der Waals surface area (Å²) in [5.74, 6) is 0. The average Bonchev–Trinajstić information content (AvgIpc) is 2.40. The Morgan fingerprint density at radius 3 is 2.12 bits per heavy atom. The van der Waals surface area contributed by atoms with Crippen molar-refractivity contribution in [2.24, 2.45) is 0 Å². The Bertz CT molecular complexity index is 453. The summed E-state index contributed by atoms with van der Waals surface area (Å²) in [5, 5.41) is 0.205. The molecule has 2 heteroatoms. The first-order valence-electron chi connectivity index (χ1n) is 5.60. The van der Waals surface area contributed by atoms with Gasteiger partial charge in [-0.1, -0.05) is 48.5 Å². The van der Waals surface area contributed by atoms with Crippen LogP contribution >= 0.6 is 11.8 Å². The van der Waals surface area contributed by atoms with Gasteiger partial charge in [-0.15, -0.1) is 11.8 Å². The second kappa shape index (κ2) is 6.26. The second-order valence-electron chi connectivity index (χ2n) is 3.73. The molecule has 1 atom stereocenters. The molecule has 0 amide bonds. The van der Waals surface area contributed by atoms with Crippen LogP contribution < -0.4 is 0 Å². The van der Waals surface area contributed by atoms with Gasteiger partial charge in [-0.3, -0.25) is 0 Å². The van der Waals surface area contributed by atoms with Crippen LogP contribution in [0.1, 0.15) is 17.2 Å². The zero-order valence-corrected chi connectivity index (χ0v) is 10.3. The molecule has 1 unspecified atom stereocenters. The van der Waals surface area contributed by atoms with E-state index in [1.165, 1.54) is 10.5 Å². The largest absolute Gasteiger partial charge is 0.303 e. The first kappa shape index (κ1) is 11.9. The fourth-order valence-corrected chi connectivity index (χ4v) is 2.78. The Labute approximate surface area is 106 Å². The van der Waals surface area contributed by atoms with Crippen molar-refractivity contribution in [1.82, 2.24) is 0 Å². The smallest absolute Gasteiger partial charge is 0.121 e. The van der Waals surface area contributed by atoms with E-state index < -0.39 is 0 Å². The number of aldehydes is 1. The van der Waals surface area contributed by atoms with Crippen LogP contribution in [-0.2, 0) is 4.79 Å². The van der Waals surface area contributed by atoms with Gasteiger partial charge in [0.1, 0.15) is 6.29 Å². The van der Waals surface area contributed by atoms with Gasteiger partial charge in [0.25, 0.3) is 0 Å². The zero-order chi connectivity index (χ0) is 11.9. The molecule has 2 aromatic carbocycles. The maximum atomic E-state index is 10.8. The van der Waals surface area contributed by atoms with Crippen molar-refractivity contribution >= 4 is 18.0 Å². The summed E-state index contributed by atoms with van der Waals surface area (Å²) in [6.07, 6.45) is 1.54. The molecule has 17 heavy (non-hydrogen) atoms. The molecule has 0 spiro atoms. The van der Waals surface area contributed by atoms with E-state index in [0.29, 0.717) is 6.42 Å². The van der Waals surface area contributed by atoms with E-state index in [0.717, 1.165) is 6.29 Å². The lowest BCUT2D eigenvalue weighted by molar-refractivity contribution is -0.107. The summed E-state index contributed by atoms with van der Waals surface area (Å²) in [6, 6.07) is 20.4. The number of thioether (sulfide) groups is 1. The molecule has 0 N–H and O–H groups in total. The lowest BCUT2D eigenvalue weighted by atomic mass is 10.1. The fraction of sp³-hybridized carbons (Fsp3) is 0.133. The maximum absolute atomic E-state index is 10.8. The van der Waals surface area contributed by atoms with Crippen LogP contribution in [0.25, 0.3) is 0 Å². The Kier molecular flexibility index (Phi) is 4.39. The van der Waals surface area contributed by atoms with Gasteiger partial charge in [-0.25, -0.2) is 0 Å². The number of rotatable bonds is 5. The number of carbonyl (C=O) groups excluding carboxylic acids is 1. The summed E-state index contributed by atoms with van der Waals surface area (Å²) in [7, 11) is 0. The minimum atomic E-state index is 0.205. The van der Waals surface area contributed by atoms with Crippen molar-refractivity contribution < 1.29 is 4.79 Å². The number of carbonyl (C=O) groups is 1. The number of hydrogen-bond acceptors (Lipinski definition) is 2. The third kappa shape index (κ3) is 3.46. The summed E-state index contributed by atoms with van der Waals surface area (Å²) in [5.41, 5.74) is 1.20. The topological polar surface area (TPSA) is 17.1 Å². The van der Waals surface area contributed by atoms with Gasteiger partial charge < -0.3 is 4.79 Å². The first-order chi connectivity index (χ1) is 8.40. The quantitative estimate of drug-likeness (QED) is 0.580. The highest BCUT2D eigenvalue weighted by molar-refractivity contribution is 7.99. The van der Waals surface area contributed by atoms with Gasteiger partial charge >= 0.3 is 0 Å². The summed E-state index contributed by atoms with van der Waals surface area (Å²) in [6.45, 7) is 0. The predicted octanol–water partition coefficient (Wildman–Crippen LogP) is 4.11. The van der Waals surface area contributed by atoms with Crippen LogP contribution in [0, 0.1) is 0 Å². The summed E-state index contributed by atoms with van der Waals surface area (Å²) in [4.78, 5) is 12.0. The van der Waals surface area contributed by atoms with Gasteiger partial charge in [0, 0.05) is 16.6 Å². The van der Waals surface area contributed by atoms with E-state index in [1.54, 1.807) is 11.8 Å². The molecule has 0 saturated carbocycles. The molecular formula is C15H14OS. The molecule has 2 aromatic rings. The molecule has 0 aliphatic rings. The highest BCUT2D eigenvalue weighted by Gasteiger charge is 2.11. The van der Waals surface area contributed by atoms with Gasteiger partial charge in [-0.05, 0) is 17.7 Å². The Hall–Kier alpha value is -1.54. The van der Waals surface area contributed by atoms with Gasteiger partial charge in [-0.2, -0.15) is 0 Å². The average molecular weight is 242 g/mol. The zero-order valence-electron chi connectivity index (χ0n) is 9.45. The van der Waals surface area contributed by atoms with E-state index >= 15 is 0 Å². The van der Waals surface area contributed by atoms with Crippen LogP contribution in [0.3, 0.4) is 0 Å². The SMILES string of the molecule is O=CCC(Sc1ccccc1)c1ccccc1. The minimum Gasteiger partial charge on any atom is -0.303 e. The van der Waals surface area contributed by atoms with Gasteiger partial charge in [0.2, 0.25) is 0 Å². The molecule has 0 fully saturated rings. The van der Waals surface area contributed by atoms with Gasteiger partial charge in [0.05, 0.1) is 0 Å². The van der Waals surface area contributed by atoms with Crippen molar-refractivity contribution in [1.29, 1.82) is 0 Å². The lowest BCUT2D eigenvalue weighted by Gasteiger charge is -2.14. The van der Waals surface area contributed by atoms with E-state index in [2.05, 4.69) is 24.3 Å². The second-order valence-corrected chi connectivity index (χ2v) is 5.01. The lowest BCUT2D eigenvalue weighted by Crippen LogP contribution is -1.94. The standard InChI is InChI=1S/C15H14OS/c16-12-11-15(13-7-3-1-4-8-13)17-14-9-5-2-6-10-14/h1-10,12,15H,11H2. The molecule has 0 saturated heterocycles. The van der Waals surface area contributed by atoms with Crippen molar-refractivity contribution in [2.45, 2.75) is 16.6 Å². The van der Waals surface area contributed by atoms with E-state index in [1.807, 2.05) is 36.4 Å². The maximum Gasteiger partial charge on any atom is 0.121 e. The third-order valence-electron chi connectivity index (χ3n) is 2.50. The molecule has 0 aromatic heterocycles. The number of benzene rings is 2. The normalized spacial score (nSPS) is 12.0. The molecule has 86 valence electrons. The van der Waals surface area contributed by atoms with Crippen molar-refractivity contribution in [3.8, 4) is 0 Å². The van der Waals surface area contributed by atoms with Crippen molar-refractivity contribution in [3.05, 3.63) is 66.2 Å². The predicted molar refractivity (Wildman–Crippen MR) is 72.2 cm³/mol. The Balaban J connectivity index is 2.16. The molecule has 0 bridgehead atoms. The number of hydrogen-bond donors (Lipinski definition) is 0. The highest BCUT2D eigenvalue weighted by Crippen LogP contribution is 2.36. The van der Waals surface area contributed by atoms with E-state index in [4.69, 9.17) is 0 Å². The Morgan fingerprint density at radius 2 is 1.53 bits per heavy atom. The first-order valence-corrected chi connectivity index (χ1v) is 6.48. The molecular weight excluding hydrogens is 228 g/mol. The van der Waals surface area contributed by atoms with Gasteiger partial charge in [0.15, 0.2) is 0 Å². The monoisotopic (exact) mass is 242 g/mol. The minimum absolute atomic E-state index is 0.205. The van der Waals surface area contributed by atoms with Crippen molar-refractivity contribution in [2.75, 3.05) is 0 Å². The van der Waals surface area contributed by atoms with Crippen LogP contribution in [-0.4, -0.2) is 6.29 Å².